The van der Waals surface area contributed by atoms with E-state index in [1.165, 1.54) is 32.7 Å². The molecule has 0 spiro atoms. The summed E-state index contributed by atoms with van der Waals surface area (Å²) in [6, 6.07) is 25.3. The molecule has 0 fully saturated rings. The molecule has 6 rings (SSSR count). The second-order valence-electron chi connectivity index (χ2n) is 16.1. The van der Waals surface area contributed by atoms with Crippen LogP contribution < -0.4 is 4.90 Å². The fourth-order valence-corrected chi connectivity index (χ4v) is 9.64. The van der Waals surface area contributed by atoms with Gasteiger partial charge in [0.15, 0.2) is 5.71 Å². The van der Waals surface area contributed by atoms with Crippen LogP contribution in [-0.2, 0) is 31.1 Å². The van der Waals surface area contributed by atoms with Crippen molar-refractivity contribution in [1.29, 1.82) is 0 Å². The second kappa shape index (κ2) is 18.4. The first-order valence-corrected chi connectivity index (χ1v) is 23.3. The SMILES string of the molecule is CC1(C)C(/C=C/C=C/C=C/C=C/C=C/C=C/C=C2/N(CCCCS(=O)(=O)[O-])c3ccc4ccccc4c3C2(C)C)=[N+](CCCCS(=O)(=O)[O-])c2ccc3ccccc3c21. The van der Waals surface area contributed by atoms with E-state index in [1.54, 1.807) is 0 Å². The van der Waals surface area contributed by atoms with E-state index in [0.29, 0.717) is 38.8 Å². The lowest BCUT2D eigenvalue weighted by Gasteiger charge is -2.27. The highest BCUT2D eigenvalue weighted by Gasteiger charge is 2.45. The van der Waals surface area contributed by atoms with Crippen LogP contribution in [0.15, 0.2) is 157 Å². The summed E-state index contributed by atoms with van der Waals surface area (Å²) >= 11 is 0. The molecule has 0 N–H and O–H groups in total. The summed E-state index contributed by atoms with van der Waals surface area (Å²) in [5.41, 5.74) is 6.36. The summed E-state index contributed by atoms with van der Waals surface area (Å²) in [7, 11) is -8.49. The van der Waals surface area contributed by atoms with Gasteiger partial charge in [0, 0.05) is 59.0 Å². The molecule has 0 amide bonds. The van der Waals surface area contributed by atoms with Gasteiger partial charge in [-0.1, -0.05) is 135 Å². The minimum absolute atomic E-state index is 0.292. The van der Waals surface area contributed by atoms with Crippen LogP contribution in [0.1, 0.15) is 64.5 Å². The summed E-state index contributed by atoms with van der Waals surface area (Å²) < 4.78 is 69.6. The monoisotopic (exact) mass is 829 g/mol. The third-order valence-electron chi connectivity index (χ3n) is 11.2. The van der Waals surface area contributed by atoms with Gasteiger partial charge < -0.3 is 14.0 Å². The summed E-state index contributed by atoms with van der Waals surface area (Å²) in [5.74, 6) is -0.712. The standard InChI is InChI=1S/C49H54N2O6S2/c1-48(2)44(50(34-20-22-36-58(52,53)54)42-32-30-38-24-16-18-26-40(38)46(42)48)28-14-12-10-8-6-5-7-9-11-13-15-29-45-49(3,4)47-41-27-19-17-25-39(41)31-33-43(47)51(45)35-21-23-37-59(55,56)57/h5-19,24-33H,20-23,34-37H2,1-4H3,(H-,52,53,54,55,56,57)/p-1. The Morgan fingerprint density at radius 2 is 1.08 bits per heavy atom. The van der Waals surface area contributed by atoms with Gasteiger partial charge >= 0.3 is 0 Å². The van der Waals surface area contributed by atoms with Gasteiger partial charge in [-0.15, -0.1) is 0 Å². The summed E-state index contributed by atoms with van der Waals surface area (Å²) in [6.07, 6.45) is 27.8. The third-order valence-corrected chi connectivity index (χ3v) is 12.8. The zero-order valence-corrected chi connectivity index (χ0v) is 35.9. The Hall–Kier alpha value is -5.13. The number of hydrogen-bond acceptors (Lipinski definition) is 7. The van der Waals surface area contributed by atoms with Gasteiger partial charge in [0.2, 0.25) is 5.69 Å². The maximum absolute atomic E-state index is 11.2. The Labute approximate surface area is 350 Å². The van der Waals surface area contributed by atoms with Crippen molar-refractivity contribution in [2.45, 2.75) is 64.2 Å². The van der Waals surface area contributed by atoms with Crippen molar-refractivity contribution in [3.8, 4) is 0 Å². The van der Waals surface area contributed by atoms with Crippen LogP contribution in [0.5, 0.6) is 0 Å². The van der Waals surface area contributed by atoms with E-state index < -0.39 is 20.2 Å². The first kappa shape index (κ1) is 43.4. The maximum Gasteiger partial charge on any atom is 0.210 e. The molecule has 0 aromatic heterocycles. The highest BCUT2D eigenvalue weighted by molar-refractivity contribution is 7.85. The molecule has 0 radical (unpaired) electrons. The molecular formula is C49H53N2O6S2-. The molecule has 0 saturated carbocycles. The molecule has 4 aromatic carbocycles. The molecule has 0 unspecified atom stereocenters. The van der Waals surface area contributed by atoms with Crippen molar-refractivity contribution in [3.05, 3.63) is 169 Å². The van der Waals surface area contributed by atoms with Crippen molar-refractivity contribution in [3.63, 3.8) is 0 Å². The normalized spacial score (nSPS) is 17.6. The van der Waals surface area contributed by atoms with E-state index in [-0.39, 0.29) is 22.3 Å². The predicted molar refractivity (Wildman–Crippen MR) is 242 cm³/mol. The number of hydrogen-bond donors (Lipinski definition) is 0. The zero-order chi connectivity index (χ0) is 42.3. The van der Waals surface area contributed by atoms with Crippen LogP contribution in [0, 0.1) is 0 Å². The number of unbranched alkanes of at least 4 members (excludes halogenated alkanes) is 2. The largest absolute Gasteiger partial charge is 0.748 e. The van der Waals surface area contributed by atoms with Gasteiger partial charge in [0.1, 0.15) is 6.54 Å². The Balaban J connectivity index is 1.09. The number of fused-ring (bicyclic) bond motifs is 6. The molecule has 8 nitrogen and oxygen atoms in total. The van der Waals surface area contributed by atoms with Crippen LogP contribution in [0.25, 0.3) is 21.5 Å². The van der Waals surface area contributed by atoms with E-state index in [4.69, 9.17) is 0 Å². The van der Waals surface area contributed by atoms with Crippen LogP contribution in [-0.4, -0.2) is 60.8 Å². The molecule has 0 aliphatic carbocycles. The number of benzene rings is 4. The van der Waals surface area contributed by atoms with Crippen molar-refractivity contribution >= 4 is 58.9 Å². The number of anilines is 1. The van der Waals surface area contributed by atoms with Crippen LogP contribution in [0.2, 0.25) is 0 Å². The van der Waals surface area contributed by atoms with Gasteiger partial charge in [-0.25, -0.2) is 16.8 Å². The lowest BCUT2D eigenvalue weighted by Crippen LogP contribution is -2.28. The fraction of sp³-hybridized carbons (Fsp3) is 0.286. The lowest BCUT2D eigenvalue weighted by molar-refractivity contribution is -0.438. The topological polar surface area (TPSA) is 121 Å². The highest BCUT2D eigenvalue weighted by Crippen LogP contribution is 2.51. The second-order valence-corrected chi connectivity index (χ2v) is 19.1. The van der Waals surface area contributed by atoms with E-state index in [2.05, 4.69) is 110 Å². The molecule has 0 saturated heterocycles. The number of rotatable bonds is 17. The molecule has 10 heteroatoms. The molecule has 0 atom stereocenters. The number of nitrogens with zero attached hydrogens (tertiary/aromatic N) is 2. The van der Waals surface area contributed by atoms with Gasteiger partial charge in [-0.2, -0.15) is 4.58 Å². The average molecular weight is 830 g/mol. The molecule has 0 bridgehead atoms. The molecule has 2 aliphatic rings. The first-order valence-electron chi connectivity index (χ1n) is 20.2. The summed E-state index contributed by atoms with van der Waals surface area (Å²) in [4.78, 5) is 2.26. The Morgan fingerprint density at radius 1 is 0.576 bits per heavy atom. The van der Waals surface area contributed by atoms with Gasteiger partial charge in [0.25, 0.3) is 0 Å². The van der Waals surface area contributed by atoms with Gasteiger partial charge in [0.05, 0.1) is 25.7 Å². The quantitative estimate of drug-likeness (QED) is 0.0450. The third kappa shape index (κ3) is 10.4. The minimum atomic E-state index is -4.25. The molecular weight excluding hydrogens is 777 g/mol. The van der Waals surface area contributed by atoms with Crippen molar-refractivity contribution in [2.24, 2.45) is 0 Å². The average Bonchev–Trinajstić information content (AvgIpc) is 3.54. The molecule has 308 valence electrons. The molecule has 59 heavy (non-hydrogen) atoms. The Kier molecular flexibility index (Phi) is 13.6. The molecule has 2 heterocycles. The van der Waals surface area contributed by atoms with Gasteiger partial charge in [-0.05, 0) is 78.4 Å². The van der Waals surface area contributed by atoms with Gasteiger partial charge in [-0.3, -0.25) is 0 Å². The predicted octanol–water partition coefficient (Wildman–Crippen LogP) is 10.0. The van der Waals surface area contributed by atoms with Crippen molar-refractivity contribution < 1.29 is 30.5 Å². The summed E-state index contributed by atoms with van der Waals surface area (Å²) in [6.45, 7) is 10.1. The highest BCUT2D eigenvalue weighted by atomic mass is 32.2. The van der Waals surface area contributed by atoms with Crippen LogP contribution in [0.3, 0.4) is 0 Å². The summed E-state index contributed by atoms with van der Waals surface area (Å²) in [5, 5.41) is 4.74. The van der Waals surface area contributed by atoms with Crippen LogP contribution in [0.4, 0.5) is 11.4 Å². The lowest BCUT2D eigenvalue weighted by atomic mass is 9.79. The Morgan fingerprint density at radius 3 is 1.68 bits per heavy atom. The first-order chi connectivity index (χ1) is 28.1. The fourth-order valence-electron chi connectivity index (χ4n) is 8.52. The maximum atomic E-state index is 11.2. The van der Waals surface area contributed by atoms with Crippen LogP contribution >= 0.6 is 0 Å². The van der Waals surface area contributed by atoms with E-state index in [9.17, 15) is 25.9 Å². The molecule has 4 aromatic rings. The minimum Gasteiger partial charge on any atom is -0.748 e. The number of allylic oxidation sites excluding steroid dienone is 14. The smallest absolute Gasteiger partial charge is 0.210 e. The van der Waals surface area contributed by atoms with E-state index in [1.807, 2.05) is 79.0 Å². The Bertz CT molecular complexity index is 2680. The van der Waals surface area contributed by atoms with E-state index >= 15 is 0 Å². The molecule has 2 aliphatic heterocycles. The van der Waals surface area contributed by atoms with Crippen molar-refractivity contribution in [2.75, 3.05) is 29.5 Å². The zero-order valence-electron chi connectivity index (χ0n) is 34.3. The van der Waals surface area contributed by atoms with E-state index in [0.717, 1.165) is 22.8 Å². The van der Waals surface area contributed by atoms with Crippen molar-refractivity contribution in [1.82, 2.24) is 0 Å².